The minimum absolute atomic E-state index is 0.272. The summed E-state index contributed by atoms with van der Waals surface area (Å²) in [6.45, 7) is 2.24. The number of rotatable bonds is 15. The largest absolute Gasteiger partial charge is 0.481 e. The van der Waals surface area contributed by atoms with Crippen molar-refractivity contribution >= 4 is 17.7 Å². The molecule has 0 radical (unpaired) electrons. The van der Waals surface area contributed by atoms with Gasteiger partial charge >= 0.3 is 5.97 Å². The van der Waals surface area contributed by atoms with Crippen LogP contribution >= 0.6 is 11.8 Å². The Morgan fingerprint density at radius 3 is 2.36 bits per heavy atom. The van der Waals surface area contributed by atoms with Crippen LogP contribution in [0.3, 0.4) is 0 Å². The Morgan fingerprint density at radius 1 is 0.909 bits per heavy atom. The van der Waals surface area contributed by atoms with Crippen LogP contribution in [0, 0.1) is 0 Å². The molecule has 0 amide bonds. The molecule has 0 aromatic carbocycles. The van der Waals surface area contributed by atoms with Crippen LogP contribution < -0.4 is 0 Å². The van der Waals surface area contributed by atoms with E-state index in [-0.39, 0.29) is 6.42 Å². The smallest absolute Gasteiger partial charge is 0.303 e. The Morgan fingerprint density at radius 2 is 1.64 bits per heavy atom. The van der Waals surface area contributed by atoms with Gasteiger partial charge in [0.1, 0.15) is 0 Å². The van der Waals surface area contributed by atoms with Gasteiger partial charge in [0.25, 0.3) is 0 Å². The molecule has 0 saturated carbocycles. The average Bonchev–Trinajstić information content (AvgIpc) is 2.50. The minimum atomic E-state index is -0.704. The van der Waals surface area contributed by atoms with E-state index in [2.05, 4.69) is 43.4 Å². The highest BCUT2D eigenvalue weighted by atomic mass is 32.2. The van der Waals surface area contributed by atoms with Crippen molar-refractivity contribution in [3.63, 3.8) is 0 Å². The summed E-state index contributed by atoms with van der Waals surface area (Å²) in [5, 5.41) is 8.50. The molecule has 0 saturated heterocycles. The molecule has 3 heteroatoms. The summed E-state index contributed by atoms with van der Waals surface area (Å²) in [5.41, 5.74) is 0. The Bertz CT molecular complexity index is 332. The first-order chi connectivity index (χ1) is 10.8. The van der Waals surface area contributed by atoms with Crippen LogP contribution in [0.1, 0.15) is 64.7 Å². The maximum absolute atomic E-state index is 10.3. The van der Waals surface area contributed by atoms with E-state index in [0.29, 0.717) is 0 Å². The number of hydrogen-bond acceptors (Lipinski definition) is 2. The van der Waals surface area contributed by atoms with Gasteiger partial charge in [-0.1, -0.05) is 62.6 Å². The molecule has 0 heterocycles. The Labute approximate surface area is 140 Å². The predicted octanol–water partition coefficient (Wildman–Crippen LogP) is 6.00. The van der Waals surface area contributed by atoms with Crippen molar-refractivity contribution in [3.8, 4) is 0 Å². The Hall–Kier alpha value is -0.960. The van der Waals surface area contributed by atoms with Crippen LogP contribution in [0.5, 0.6) is 0 Å². The summed E-state index contributed by atoms with van der Waals surface area (Å²) in [5.74, 6) is 1.46. The number of allylic oxidation sites excluding steroid dienone is 5. The van der Waals surface area contributed by atoms with Crippen molar-refractivity contribution < 1.29 is 9.90 Å². The lowest BCUT2D eigenvalue weighted by atomic mass is 10.1. The normalized spacial score (nSPS) is 12.0. The fraction of sp³-hybridized carbons (Fsp3) is 0.632. The van der Waals surface area contributed by atoms with Gasteiger partial charge in [0.05, 0.1) is 0 Å². The lowest BCUT2D eigenvalue weighted by Gasteiger charge is -1.94. The number of carboxylic acid groups (broad SMARTS) is 1. The van der Waals surface area contributed by atoms with Crippen molar-refractivity contribution in [2.24, 2.45) is 0 Å². The highest BCUT2D eigenvalue weighted by molar-refractivity contribution is 7.99. The van der Waals surface area contributed by atoms with Crippen molar-refractivity contribution in [2.75, 3.05) is 11.5 Å². The first-order valence-electron chi connectivity index (χ1n) is 8.53. The summed E-state index contributed by atoms with van der Waals surface area (Å²) in [7, 11) is 0. The maximum Gasteiger partial charge on any atom is 0.303 e. The van der Waals surface area contributed by atoms with Gasteiger partial charge in [-0.3, -0.25) is 4.79 Å². The zero-order valence-electron chi connectivity index (χ0n) is 14.0. The van der Waals surface area contributed by atoms with Gasteiger partial charge in [-0.2, -0.15) is 11.8 Å². The standard InChI is InChI=1S/C19H32O2S/c1-2-3-4-5-6-7-8-9-11-14-17-22-18-15-12-10-13-16-19(20)21/h7-9,11-12,15H,2-6,10,13-14,16-18H2,1H3,(H,20,21). The number of thioether (sulfide) groups is 1. The second-order valence-corrected chi connectivity index (χ2v) is 6.48. The van der Waals surface area contributed by atoms with E-state index in [1.807, 2.05) is 11.8 Å². The van der Waals surface area contributed by atoms with E-state index >= 15 is 0 Å². The molecule has 22 heavy (non-hydrogen) atoms. The van der Waals surface area contributed by atoms with Gasteiger partial charge in [-0.05, 0) is 37.9 Å². The zero-order chi connectivity index (χ0) is 16.3. The molecule has 1 N–H and O–H groups in total. The third-order valence-corrected chi connectivity index (χ3v) is 4.13. The second kappa shape index (κ2) is 18.1. The van der Waals surface area contributed by atoms with E-state index in [1.165, 1.54) is 32.1 Å². The molecule has 0 atom stereocenters. The van der Waals surface area contributed by atoms with E-state index in [1.54, 1.807) is 0 Å². The van der Waals surface area contributed by atoms with Crippen LogP contribution in [0.25, 0.3) is 0 Å². The van der Waals surface area contributed by atoms with Crippen molar-refractivity contribution in [3.05, 3.63) is 36.5 Å². The fourth-order valence-electron chi connectivity index (χ4n) is 1.90. The highest BCUT2D eigenvalue weighted by Gasteiger charge is 1.93. The number of hydrogen-bond donors (Lipinski definition) is 1. The predicted molar refractivity (Wildman–Crippen MR) is 99.6 cm³/mol. The van der Waals surface area contributed by atoms with Crippen LogP contribution in [-0.4, -0.2) is 22.6 Å². The first-order valence-corrected chi connectivity index (χ1v) is 9.69. The third-order valence-electron chi connectivity index (χ3n) is 3.18. The summed E-state index contributed by atoms with van der Waals surface area (Å²) in [6, 6.07) is 0. The van der Waals surface area contributed by atoms with Crippen molar-refractivity contribution in [1.82, 2.24) is 0 Å². The Balaban J connectivity index is 3.27. The molecule has 0 bridgehead atoms. The van der Waals surface area contributed by atoms with Crippen molar-refractivity contribution in [1.29, 1.82) is 0 Å². The topological polar surface area (TPSA) is 37.3 Å². The summed E-state index contributed by atoms with van der Waals surface area (Å²) >= 11 is 1.92. The molecule has 0 aliphatic carbocycles. The monoisotopic (exact) mass is 324 g/mol. The molecule has 126 valence electrons. The van der Waals surface area contributed by atoms with Crippen molar-refractivity contribution in [2.45, 2.75) is 64.7 Å². The van der Waals surface area contributed by atoms with Crippen LogP contribution in [0.15, 0.2) is 36.5 Å². The van der Waals surface area contributed by atoms with E-state index < -0.39 is 5.97 Å². The number of carboxylic acids is 1. The van der Waals surface area contributed by atoms with Gasteiger partial charge in [-0.15, -0.1) is 0 Å². The van der Waals surface area contributed by atoms with E-state index in [0.717, 1.165) is 30.8 Å². The van der Waals surface area contributed by atoms with Gasteiger partial charge in [0.2, 0.25) is 0 Å². The summed E-state index contributed by atoms with van der Waals surface area (Å²) in [6.07, 6.45) is 22.6. The number of aliphatic carboxylic acids is 1. The molecule has 0 aromatic heterocycles. The minimum Gasteiger partial charge on any atom is -0.481 e. The van der Waals surface area contributed by atoms with Gasteiger partial charge in [0, 0.05) is 12.2 Å². The molecule has 0 fully saturated rings. The zero-order valence-corrected chi connectivity index (χ0v) is 14.8. The third kappa shape index (κ3) is 19.0. The van der Waals surface area contributed by atoms with E-state index in [4.69, 9.17) is 5.11 Å². The van der Waals surface area contributed by atoms with Crippen LogP contribution in [0.2, 0.25) is 0 Å². The van der Waals surface area contributed by atoms with Crippen LogP contribution in [0.4, 0.5) is 0 Å². The van der Waals surface area contributed by atoms with Crippen LogP contribution in [-0.2, 0) is 4.79 Å². The molecule has 0 rings (SSSR count). The molecule has 0 spiro atoms. The molecule has 0 aliphatic heterocycles. The first kappa shape index (κ1) is 21.0. The maximum atomic E-state index is 10.3. The molecule has 0 unspecified atom stereocenters. The van der Waals surface area contributed by atoms with E-state index in [9.17, 15) is 4.79 Å². The lowest BCUT2D eigenvalue weighted by Crippen LogP contribution is -1.92. The quantitative estimate of drug-likeness (QED) is 0.228. The fourth-order valence-corrected chi connectivity index (χ4v) is 2.64. The molecule has 2 nitrogen and oxygen atoms in total. The average molecular weight is 325 g/mol. The number of carbonyl (C=O) groups is 1. The van der Waals surface area contributed by atoms with Gasteiger partial charge in [-0.25, -0.2) is 0 Å². The van der Waals surface area contributed by atoms with Gasteiger partial charge < -0.3 is 5.11 Å². The second-order valence-electron chi connectivity index (χ2n) is 5.33. The Kier molecular flexibility index (Phi) is 17.3. The summed E-state index contributed by atoms with van der Waals surface area (Å²) in [4.78, 5) is 10.3. The molecular weight excluding hydrogens is 292 g/mol. The van der Waals surface area contributed by atoms with Gasteiger partial charge in [0.15, 0.2) is 0 Å². The highest BCUT2D eigenvalue weighted by Crippen LogP contribution is 2.05. The lowest BCUT2D eigenvalue weighted by molar-refractivity contribution is -0.137. The SMILES string of the molecule is CCCCCCC=CC=CCCSCC=CCCCC(=O)O. The molecular formula is C19H32O2S. The molecule has 0 aliphatic rings. The number of unbranched alkanes of at least 4 members (excludes halogenated alkanes) is 5. The molecule has 0 aromatic rings. The summed E-state index contributed by atoms with van der Waals surface area (Å²) < 4.78 is 0.